The molecule has 1 amide bonds. The summed E-state index contributed by atoms with van der Waals surface area (Å²) in [6.45, 7) is 2.24. The molecule has 3 rings (SSSR count). The van der Waals surface area contributed by atoms with Crippen molar-refractivity contribution in [1.29, 1.82) is 0 Å². The number of ether oxygens (including phenoxy) is 1. The maximum Gasteiger partial charge on any atom is 0.305 e. The van der Waals surface area contributed by atoms with Crippen LogP contribution in [0.15, 0.2) is 60.7 Å². The molecule has 2 N–H and O–H groups in total. The SMILES string of the molecule is COC(=O)CCCNC(=O)c1cccc(Nc2cc(-c3ccccc3)nc(C)n2)c1. The van der Waals surface area contributed by atoms with E-state index >= 15 is 0 Å². The van der Waals surface area contributed by atoms with Gasteiger partial charge in [0.25, 0.3) is 5.91 Å². The third-order valence-corrected chi connectivity index (χ3v) is 4.38. The Kier molecular flexibility index (Phi) is 7.10. The van der Waals surface area contributed by atoms with Crippen LogP contribution in [-0.4, -0.2) is 35.5 Å². The van der Waals surface area contributed by atoms with Crippen LogP contribution in [-0.2, 0) is 9.53 Å². The van der Waals surface area contributed by atoms with Gasteiger partial charge < -0.3 is 15.4 Å². The fourth-order valence-electron chi connectivity index (χ4n) is 2.91. The number of carbonyl (C=O) groups excluding carboxylic acids is 2. The number of aryl methyl sites for hydroxylation is 1. The highest BCUT2D eigenvalue weighted by molar-refractivity contribution is 5.95. The minimum Gasteiger partial charge on any atom is -0.469 e. The normalized spacial score (nSPS) is 10.3. The van der Waals surface area contributed by atoms with Crippen LogP contribution < -0.4 is 10.6 Å². The molecule has 0 spiro atoms. The number of nitrogens with zero attached hydrogens (tertiary/aromatic N) is 2. The third kappa shape index (κ3) is 5.88. The molecule has 0 saturated heterocycles. The van der Waals surface area contributed by atoms with E-state index in [1.54, 1.807) is 18.2 Å². The molecule has 0 aliphatic rings. The van der Waals surface area contributed by atoms with Crippen molar-refractivity contribution in [2.45, 2.75) is 19.8 Å². The average Bonchev–Trinajstić information content (AvgIpc) is 2.76. The average molecular weight is 404 g/mol. The highest BCUT2D eigenvalue weighted by Crippen LogP contribution is 2.22. The van der Waals surface area contributed by atoms with Crippen LogP contribution in [0.3, 0.4) is 0 Å². The van der Waals surface area contributed by atoms with E-state index in [-0.39, 0.29) is 18.3 Å². The fourth-order valence-corrected chi connectivity index (χ4v) is 2.91. The van der Waals surface area contributed by atoms with Gasteiger partial charge >= 0.3 is 5.97 Å². The van der Waals surface area contributed by atoms with E-state index in [9.17, 15) is 9.59 Å². The maximum atomic E-state index is 12.4. The molecule has 1 heterocycles. The zero-order valence-electron chi connectivity index (χ0n) is 17.0. The van der Waals surface area contributed by atoms with Crippen molar-refractivity contribution >= 4 is 23.4 Å². The van der Waals surface area contributed by atoms with E-state index in [2.05, 4.69) is 25.3 Å². The number of aromatic nitrogens is 2. The summed E-state index contributed by atoms with van der Waals surface area (Å²) in [4.78, 5) is 32.5. The van der Waals surface area contributed by atoms with Crippen LogP contribution in [0.25, 0.3) is 11.3 Å². The smallest absolute Gasteiger partial charge is 0.305 e. The van der Waals surface area contributed by atoms with Crippen LogP contribution in [0.1, 0.15) is 29.0 Å². The van der Waals surface area contributed by atoms with Crippen LogP contribution in [0.4, 0.5) is 11.5 Å². The van der Waals surface area contributed by atoms with Crippen LogP contribution >= 0.6 is 0 Å². The summed E-state index contributed by atoms with van der Waals surface area (Å²) >= 11 is 0. The second-order valence-electron chi connectivity index (χ2n) is 6.69. The zero-order chi connectivity index (χ0) is 21.3. The predicted molar refractivity (Wildman–Crippen MR) is 116 cm³/mol. The molecule has 0 unspecified atom stereocenters. The number of hydrogen-bond donors (Lipinski definition) is 2. The summed E-state index contributed by atoms with van der Waals surface area (Å²) in [7, 11) is 1.35. The Morgan fingerprint density at radius 2 is 1.80 bits per heavy atom. The van der Waals surface area contributed by atoms with Gasteiger partial charge in [-0.15, -0.1) is 0 Å². The first-order chi connectivity index (χ1) is 14.5. The van der Waals surface area contributed by atoms with E-state index in [0.29, 0.717) is 30.2 Å². The monoisotopic (exact) mass is 404 g/mol. The van der Waals surface area contributed by atoms with E-state index < -0.39 is 0 Å². The van der Waals surface area contributed by atoms with Crippen molar-refractivity contribution in [3.05, 3.63) is 72.1 Å². The van der Waals surface area contributed by atoms with Crippen LogP contribution in [0, 0.1) is 6.92 Å². The summed E-state index contributed by atoms with van der Waals surface area (Å²) in [6, 6.07) is 18.9. The van der Waals surface area contributed by atoms with E-state index in [4.69, 9.17) is 0 Å². The minimum atomic E-state index is -0.287. The van der Waals surface area contributed by atoms with Crippen LogP contribution in [0.2, 0.25) is 0 Å². The summed E-state index contributed by atoms with van der Waals surface area (Å²) in [5, 5.41) is 6.06. The highest BCUT2D eigenvalue weighted by atomic mass is 16.5. The largest absolute Gasteiger partial charge is 0.469 e. The Hall–Kier alpha value is -3.74. The number of carbonyl (C=O) groups is 2. The molecule has 154 valence electrons. The number of rotatable bonds is 8. The molecule has 1 aromatic heterocycles. The Bertz CT molecular complexity index is 1020. The Labute approximate surface area is 175 Å². The topological polar surface area (TPSA) is 93.2 Å². The lowest BCUT2D eigenvalue weighted by molar-refractivity contribution is -0.140. The molecular weight excluding hydrogens is 380 g/mol. The van der Waals surface area contributed by atoms with Gasteiger partial charge in [-0.1, -0.05) is 36.4 Å². The number of nitrogens with one attached hydrogen (secondary N) is 2. The van der Waals surface area contributed by atoms with Gasteiger partial charge in [0.1, 0.15) is 11.6 Å². The number of amides is 1. The number of esters is 1. The summed E-state index contributed by atoms with van der Waals surface area (Å²) < 4.78 is 4.59. The Morgan fingerprint density at radius 1 is 1.00 bits per heavy atom. The molecule has 0 atom stereocenters. The fraction of sp³-hybridized carbons (Fsp3) is 0.217. The van der Waals surface area contributed by atoms with Crippen molar-refractivity contribution in [3.8, 4) is 11.3 Å². The predicted octanol–water partition coefficient (Wildman–Crippen LogP) is 3.88. The van der Waals surface area contributed by atoms with Crippen molar-refractivity contribution in [3.63, 3.8) is 0 Å². The van der Waals surface area contributed by atoms with Crippen molar-refractivity contribution in [2.24, 2.45) is 0 Å². The minimum absolute atomic E-state index is 0.202. The standard InChI is InChI=1S/C23H24N4O3/c1-16-25-20(17-8-4-3-5-9-17)15-21(26-16)27-19-11-6-10-18(14-19)23(29)24-13-7-12-22(28)30-2/h3-6,8-11,14-15H,7,12-13H2,1-2H3,(H,24,29)(H,25,26,27). The second-order valence-corrected chi connectivity index (χ2v) is 6.69. The first-order valence-corrected chi connectivity index (χ1v) is 9.68. The lowest BCUT2D eigenvalue weighted by atomic mass is 10.1. The van der Waals surface area contributed by atoms with Crippen molar-refractivity contribution in [1.82, 2.24) is 15.3 Å². The second kappa shape index (κ2) is 10.2. The first-order valence-electron chi connectivity index (χ1n) is 9.68. The quantitative estimate of drug-likeness (QED) is 0.437. The molecule has 0 saturated carbocycles. The van der Waals surface area contributed by atoms with Gasteiger partial charge in [0.05, 0.1) is 12.8 Å². The van der Waals surface area contributed by atoms with Crippen molar-refractivity contribution < 1.29 is 14.3 Å². The molecule has 30 heavy (non-hydrogen) atoms. The van der Waals surface area contributed by atoms with Gasteiger partial charge in [-0.25, -0.2) is 9.97 Å². The molecular formula is C23H24N4O3. The van der Waals surface area contributed by atoms with Gasteiger partial charge in [0.2, 0.25) is 0 Å². The summed E-state index contributed by atoms with van der Waals surface area (Å²) in [5.74, 6) is 0.813. The van der Waals surface area contributed by atoms with Crippen molar-refractivity contribution in [2.75, 3.05) is 19.0 Å². The number of hydrogen-bond acceptors (Lipinski definition) is 6. The lowest BCUT2D eigenvalue weighted by Gasteiger charge is -2.10. The van der Waals surface area contributed by atoms with E-state index in [1.807, 2.05) is 49.4 Å². The van der Waals surface area contributed by atoms with Crippen LogP contribution in [0.5, 0.6) is 0 Å². The lowest BCUT2D eigenvalue weighted by Crippen LogP contribution is -2.25. The molecule has 2 aromatic carbocycles. The zero-order valence-corrected chi connectivity index (χ0v) is 17.0. The highest BCUT2D eigenvalue weighted by Gasteiger charge is 2.09. The van der Waals surface area contributed by atoms with Gasteiger partial charge in [-0.05, 0) is 31.5 Å². The third-order valence-electron chi connectivity index (χ3n) is 4.38. The van der Waals surface area contributed by atoms with Gasteiger partial charge in [0.15, 0.2) is 0 Å². The Balaban J connectivity index is 1.67. The Morgan fingerprint density at radius 3 is 2.57 bits per heavy atom. The van der Waals surface area contributed by atoms with E-state index in [1.165, 1.54) is 7.11 Å². The first kappa shape index (κ1) is 21.0. The summed E-state index contributed by atoms with van der Waals surface area (Å²) in [6.07, 6.45) is 0.800. The molecule has 0 fully saturated rings. The molecule has 0 aliphatic carbocycles. The molecule has 0 aliphatic heterocycles. The molecule has 7 heteroatoms. The molecule has 0 bridgehead atoms. The van der Waals surface area contributed by atoms with Gasteiger partial charge in [-0.2, -0.15) is 0 Å². The maximum absolute atomic E-state index is 12.4. The molecule has 0 radical (unpaired) electrons. The summed E-state index contributed by atoms with van der Waals surface area (Å²) in [5.41, 5.74) is 3.10. The number of benzene rings is 2. The van der Waals surface area contributed by atoms with Gasteiger partial charge in [-0.3, -0.25) is 9.59 Å². The van der Waals surface area contributed by atoms with E-state index in [0.717, 1.165) is 16.9 Å². The molecule has 3 aromatic rings. The van der Waals surface area contributed by atoms with Gasteiger partial charge in [0, 0.05) is 35.8 Å². The number of methoxy groups -OCH3 is 1. The molecule has 7 nitrogen and oxygen atoms in total. The number of anilines is 2.